The summed E-state index contributed by atoms with van der Waals surface area (Å²) in [5.74, 6) is -0.732. The molecule has 3 N–H and O–H groups in total. The Bertz CT molecular complexity index is 676. The summed E-state index contributed by atoms with van der Waals surface area (Å²) in [6.07, 6.45) is 0. The first-order valence-electron chi connectivity index (χ1n) is 7.30. The molecule has 2 aromatic rings. The van der Waals surface area contributed by atoms with Gasteiger partial charge in [-0.2, -0.15) is 0 Å². The highest BCUT2D eigenvalue weighted by molar-refractivity contribution is 6.30. The minimum absolute atomic E-state index is 0.157. The van der Waals surface area contributed by atoms with Gasteiger partial charge in [-0.1, -0.05) is 48.0 Å². The zero-order valence-electron chi connectivity index (χ0n) is 13.2. The quantitative estimate of drug-likeness (QED) is 0.706. The molecule has 6 heteroatoms. The Labute approximate surface area is 145 Å². The van der Waals surface area contributed by atoms with Crippen molar-refractivity contribution in [1.82, 2.24) is 16.2 Å². The van der Waals surface area contributed by atoms with E-state index in [2.05, 4.69) is 22.7 Å². The van der Waals surface area contributed by atoms with Crippen LogP contribution in [0.3, 0.4) is 0 Å². The monoisotopic (exact) mass is 343 g/mol. The molecular formula is C18H18ClN3O2. The van der Waals surface area contributed by atoms with E-state index in [0.717, 1.165) is 11.1 Å². The van der Waals surface area contributed by atoms with Gasteiger partial charge in [-0.05, 0) is 36.8 Å². The van der Waals surface area contributed by atoms with Crippen molar-refractivity contribution < 1.29 is 9.59 Å². The van der Waals surface area contributed by atoms with Gasteiger partial charge < -0.3 is 5.32 Å². The molecule has 0 fully saturated rings. The van der Waals surface area contributed by atoms with Crippen LogP contribution < -0.4 is 16.2 Å². The van der Waals surface area contributed by atoms with Crippen molar-refractivity contribution in [3.8, 4) is 0 Å². The summed E-state index contributed by atoms with van der Waals surface area (Å²) in [7, 11) is 0. The van der Waals surface area contributed by atoms with Gasteiger partial charge >= 0.3 is 0 Å². The molecule has 2 aromatic carbocycles. The van der Waals surface area contributed by atoms with Gasteiger partial charge in [-0.15, -0.1) is 0 Å². The lowest BCUT2D eigenvalue weighted by Gasteiger charge is -2.12. The highest BCUT2D eigenvalue weighted by atomic mass is 35.5. The number of hydrogen-bond acceptors (Lipinski definition) is 3. The number of halogens is 1. The number of hydrogen-bond donors (Lipinski definition) is 3. The first-order chi connectivity index (χ1) is 11.5. The van der Waals surface area contributed by atoms with Crippen molar-refractivity contribution in [3.63, 3.8) is 0 Å². The topological polar surface area (TPSA) is 70.2 Å². The molecule has 0 saturated carbocycles. The summed E-state index contributed by atoms with van der Waals surface area (Å²) in [6, 6.07) is 14.1. The number of rotatable bonds is 6. The summed E-state index contributed by atoms with van der Waals surface area (Å²) < 4.78 is 0. The third-order valence-corrected chi connectivity index (χ3v) is 3.52. The normalized spacial score (nSPS) is 9.92. The van der Waals surface area contributed by atoms with Crippen molar-refractivity contribution in [3.05, 3.63) is 76.8 Å². The van der Waals surface area contributed by atoms with Crippen LogP contribution in [-0.4, -0.2) is 18.4 Å². The summed E-state index contributed by atoms with van der Waals surface area (Å²) >= 11 is 5.76. The second kappa shape index (κ2) is 8.17. The minimum Gasteiger partial charge on any atom is -0.343 e. The van der Waals surface area contributed by atoms with Crippen LogP contribution in [0.4, 0.5) is 0 Å². The van der Waals surface area contributed by atoms with E-state index in [1.54, 1.807) is 24.3 Å². The molecule has 0 atom stereocenters. The van der Waals surface area contributed by atoms with Crippen LogP contribution >= 0.6 is 11.6 Å². The summed E-state index contributed by atoms with van der Waals surface area (Å²) in [6.45, 7) is 5.69. The lowest BCUT2D eigenvalue weighted by Crippen LogP contribution is -2.42. The van der Waals surface area contributed by atoms with Gasteiger partial charge in [0.25, 0.3) is 11.8 Å². The fourth-order valence-electron chi connectivity index (χ4n) is 1.88. The highest BCUT2D eigenvalue weighted by Crippen LogP contribution is 2.10. The van der Waals surface area contributed by atoms with Crippen LogP contribution in [0.5, 0.6) is 0 Å². The second-order valence-corrected chi connectivity index (χ2v) is 5.64. The average Bonchev–Trinajstić information content (AvgIpc) is 2.58. The molecule has 2 rings (SSSR count). The molecule has 0 bridgehead atoms. The highest BCUT2D eigenvalue weighted by Gasteiger charge is 2.08. The maximum Gasteiger partial charge on any atom is 0.257 e. The molecule has 0 aromatic heterocycles. The maximum absolute atomic E-state index is 11.9. The Morgan fingerprint density at radius 2 is 1.54 bits per heavy atom. The fourth-order valence-corrected chi connectivity index (χ4v) is 2.01. The summed E-state index contributed by atoms with van der Waals surface area (Å²) in [4.78, 5) is 23.7. The van der Waals surface area contributed by atoms with Crippen LogP contribution in [0, 0.1) is 6.92 Å². The largest absolute Gasteiger partial charge is 0.343 e. The number of carbonyl (C=O) groups is 2. The molecule has 0 radical (unpaired) electrons. The number of aryl methyl sites for hydroxylation is 1. The van der Waals surface area contributed by atoms with Gasteiger partial charge in [-0.3, -0.25) is 20.4 Å². The minimum atomic E-state index is -0.384. The van der Waals surface area contributed by atoms with Crippen molar-refractivity contribution in [2.24, 2.45) is 0 Å². The van der Waals surface area contributed by atoms with E-state index in [9.17, 15) is 9.59 Å². The smallest absolute Gasteiger partial charge is 0.257 e. The molecule has 24 heavy (non-hydrogen) atoms. The Balaban J connectivity index is 1.77. The van der Waals surface area contributed by atoms with Crippen LogP contribution in [-0.2, 0) is 4.79 Å². The van der Waals surface area contributed by atoms with Crippen molar-refractivity contribution in [2.75, 3.05) is 6.54 Å². The van der Waals surface area contributed by atoms with Crippen molar-refractivity contribution in [2.45, 2.75) is 6.92 Å². The molecule has 0 heterocycles. The molecule has 124 valence electrons. The van der Waals surface area contributed by atoms with Gasteiger partial charge in [-0.25, -0.2) is 0 Å². The molecule has 0 unspecified atom stereocenters. The van der Waals surface area contributed by atoms with Crippen LogP contribution in [0.1, 0.15) is 21.5 Å². The first-order valence-corrected chi connectivity index (χ1v) is 7.68. The van der Waals surface area contributed by atoms with E-state index in [-0.39, 0.29) is 18.4 Å². The Morgan fingerprint density at radius 3 is 2.17 bits per heavy atom. The number of carbonyl (C=O) groups excluding carboxylic acids is 2. The van der Waals surface area contributed by atoms with Crippen molar-refractivity contribution >= 4 is 29.1 Å². The molecule has 0 aliphatic rings. The maximum atomic E-state index is 11.9. The molecular weight excluding hydrogens is 326 g/mol. The van der Waals surface area contributed by atoms with E-state index in [4.69, 9.17) is 11.6 Å². The van der Waals surface area contributed by atoms with E-state index >= 15 is 0 Å². The van der Waals surface area contributed by atoms with Gasteiger partial charge in [0.2, 0.25) is 0 Å². The molecule has 0 aliphatic carbocycles. The number of benzene rings is 2. The lowest BCUT2D eigenvalue weighted by atomic mass is 10.1. The fraction of sp³-hybridized carbons (Fsp3) is 0.111. The van der Waals surface area contributed by atoms with Gasteiger partial charge in [0.05, 0.1) is 12.2 Å². The van der Waals surface area contributed by atoms with Crippen LogP contribution in [0.15, 0.2) is 55.1 Å². The molecule has 0 saturated heterocycles. The van der Waals surface area contributed by atoms with E-state index in [1.165, 1.54) is 0 Å². The van der Waals surface area contributed by atoms with E-state index in [1.807, 2.05) is 31.2 Å². The summed E-state index contributed by atoms with van der Waals surface area (Å²) in [5, 5.41) is 3.07. The SMILES string of the molecule is C=C(NNC(=O)CNC(=O)c1ccc(Cl)cc1)c1ccc(C)cc1. The van der Waals surface area contributed by atoms with E-state index in [0.29, 0.717) is 16.3 Å². The van der Waals surface area contributed by atoms with Crippen LogP contribution in [0.2, 0.25) is 5.02 Å². The third-order valence-electron chi connectivity index (χ3n) is 3.27. The zero-order chi connectivity index (χ0) is 17.5. The van der Waals surface area contributed by atoms with Gasteiger partial charge in [0, 0.05) is 10.6 Å². The van der Waals surface area contributed by atoms with Crippen LogP contribution in [0.25, 0.3) is 5.70 Å². The van der Waals surface area contributed by atoms with Crippen molar-refractivity contribution in [1.29, 1.82) is 0 Å². The second-order valence-electron chi connectivity index (χ2n) is 5.21. The third kappa shape index (κ3) is 5.14. The summed E-state index contributed by atoms with van der Waals surface area (Å²) in [5.41, 5.74) is 8.22. The first kappa shape index (κ1) is 17.6. The Morgan fingerprint density at radius 1 is 0.958 bits per heavy atom. The predicted molar refractivity (Wildman–Crippen MR) is 95.3 cm³/mol. The van der Waals surface area contributed by atoms with Gasteiger partial charge in [0.15, 0.2) is 0 Å². The number of hydrazine groups is 1. The Hall–Kier alpha value is -2.79. The van der Waals surface area contributed by atoms with E-state index < -0.39 is 0 Å². The Kier molecular flexibility index (Phi) is 5.98. The molecule has 5 nitrogen and oxygen atoms in total. The predicted octanol–water partition coefficient (Wildman–Crippen LogP) is 2.67. The number of amides is 2. The number of nitrogens with one attached hydrogen (secondary N) is 3. The molecule has 0 aliphatic heterocycles. The average molecular weight is 344 g/mol. The zero-order valence-corrected chi connectivity index (χ0v) is 14.0. The molecule has 0 spiro atoms. The van der Waals surface area contributed by atoms with Gasteiger partial charge in [0.1, 0.15) is 0 Å². The lowest BCUT2D eigenvalue weighted by molar-refractivity contribution is -0.120. The molecule has 2 amide bonds. The standard InChI is InChI=1S/C18H18ClN3O2/c1-12-3-5-14(6-4-12)13(2)21-22-17(23)11-20-18(24)15-7-9-16(19)10-8-15/h3-10,21H,2,11H2,1H3,(H,20,24)(H,22,23).